The molecule has 33 heavy (non-hydrogen) atoms. The lowest BCUT2D eigenvalue weighted by Crippen LogP contribution is -2.35. The molecule has 0 spiro atoms. The number of hydrogen-bond donors (Lipinski definition) is 1. The van der Waals surface area contributed by atoms with Gasteiger partial charge in [0, 0.05) is 18.7 Å². The minimum absolute atomic E-state index is 0.0165. The third-order valence-electron chi connectivity index (χ3n) is 5.46. The van der Waals surface area contributed by atoms with Crippen molar-refractivity contribution in [3.8, 4) is 5.75 Å². The van der Waals surface area contributed by atoms with E-state index in [0.717, 1.165) is 12.8 Å². The summed E-state index contributed by atoms with van der Waals surface area (Å²) in [5.74, 6) is -1.07. The Balaban J connectivity index is 2.09. The molecule has 1 atom stereocenters. The van der Waals surface area contributed by atoms with E-state index in [-0.39, 0.29) is 11.3 Å². The lowest BCUT2D eigenvalue weighted by atomic mass is 9.95. The number of aliphatic hydroxyl groups excluding tert-OH is 1. The fraction of sp³-hybridized carbons (Fsp3) is 0.360. The molecule has 1 saturated heterocycles. The fourth-order valence-electron chi connectivity index (χ4n) is 3.67. The number of Topliss-reactive ketones (excluding diaryl/α,β-unsaturated/α-hetero) is 1. The maximum atomic E-state index is 13.1. The first kappa shape index (κ1) is 25.1. The van der Waals surface area contributed by atoms with E-state index < -0.39 is 17.7 Å². The van der Waals surface area contributed by atoms with Crippen LogP contribution in [0, 0.1) is 0 Å². The predicted molar refractivity (Wildman–Crippen MR) is 131 cm³/mol. The first-order valence-electron chi connectivity index (χ1n) is 10.9. The van der Waals surface area contributed by atoms with Crippen molar-refractivity contribution in [3.63, 3.8) is 0 Å². The van der Waals surface area contributed by atoms with E-state index in [9.17, 15) is 14.7 Å². The number of ether oxygens (including phenoxy) is 1. The number of halogens is 2. The molecule has 1 fully saturated rings. The van der Waals surface area contributed by atoms with Crippen LogP contribution in [-0.2, 0) is 9.59 Å². The van der Waals surface area contributed by atoms with Gasteiger partial charge in [-0.2, -0.15) is 0 Å². The van der Waals surface area contributed by atoms with Crippen molar-refractivity contribution in [1.82, 2.24) is 9.80 Å². The summed E-state index contributed by atoms with van der Waals surface area (Å²) in [6.45, 7) is 3.48. The Morgan fingerprint density at radius 1 is 1.12 bits per heavy atom. The zero-order valence-corrected chi connectivity index (χ0v) is 20.5. The third kappa shape index (κ3) is 5.69. The van der Waals surface area contributed by atoms with E-state index in [1.54, 1.807) is 42.5 Å². The fourth-order valence-corrected chi connectivity index (χ4v) is 3.98. The van der Waals surface area contributed by atoms with Crippen molar-refractivity contribution in [1.29, 1.82) is 0 Å². The SMILES string of the molecule is CCCCOc1cccc(C(O)=C2C(=O)C(=O)N(CCN(C)C)C2c2ccc(Cl)c(Cl)c2)c1. The second-order valence-electron chi connectivity index (χ2n) is 8.20. The molecule has 0 aromatic heterocycles. The van der Waals surface area contributed by atoms with Crippen molar-refractivity contribution < 1.29 is 19.4 Å². The number of likely N-dealkylation sites (tertiary alicyclic amines) is 1. The topological polar surface area (TPSA) is 70.1 Å². The maximum absolute atomic E-state index is 13.1. The molecule has 1 aliphatic rings. The highest BCUT2D eigenvalue weighted by Crippen LogP contribution is 2.41. The van der Waals surface area contributed by atoms with Crippen LogP contribution in [0.3, 0.4) is 0 Å². The molecule has 6 nitrogen and oxygen atoms in total. The van der Waals surface area contributed by atoms with E-state index in [2.05, 4.69) is 6.92 Å². The molecule has 2 aromatic carbocycles. The average molecular weight is 491 g/mol. The van der Waals surface area contributed by atoms with Gasteiger partial charge in [0.25, 0.3) is 11.7 Å². The molecular formula is C25H28Cl2N2O4. The van der Waals surface area contributed by atoms with Gasteiger partial charge in [-0.3, -0.25) is 9.59 Å². The van der Waals surface area contributed by atoms with E-state index in [4.69, 9.17) is 27.9 Å². The van der Waals surface area contributed by atoms with Crippen LogP contribution in [0.15, 0.2) is 48.0 Å². The number of likely N-dealkylation sites (N-methyl/N-ethyl adjacent to an activating group) is 1. The zero-order valence-electron chi connectivity index (χ0n) is 19.0. The Morgan fingerprint density at radius 2 is 1.88 bits per heavy atom. The number of unbranched alkanes of at least 4 members (excludes halogenated alkanes) is 1. The largest absolute Gasteiger partial charge is 0.507 e. The number of benzene rings is 2. The predicted octanol–water partition coefficient (Wildman–Crippen LogP) is 5.16. The van der Waals surface area contributed by atoms with Gasteiger partial charge in [-0.1, -0.05) is 54.7 Å². The summed E-state index contributed by atoms with van der Waals surface area (Å²) in [6.07, 6.45) is 1.91. The van der Waals surface area contributed by atoms with Gasteiger partial charge < -0.3 is 19.6 Å². The number of carbonyl (C=O) groups is 2. The van der Waals surface area contributed by atoms with E-state index in [1.807, 2.05) is 19.0 Å². The average Bonchev–Trinajstić information content (AvgIpc) is 3.04. The van der Waals surface area contributed by atoms with Crippen molar-refractivity contribution in [3.05, 3.63) is 69.2 Å². The van der Waals surface area contributed by atoms with Crippen molar-refractivity contribution in [2.45, 2.75) is 25.8 Å². The van der Waals surface area contributed by atoms with Gasteiger partial charge in [0.2, 0.25) is 0 Å². The molecule has 1 amide bonds. The molecule has 1 aliphatic heterocycles. The second kappa shape index (κ2) is 11.1. The Kier molecular flexibility index (Phi) is 8.40. The van der Waals surface area contributed by atoms with Crippen LogP contribution in [0.4, 0.5) is 0 Å². The van der Waals surface area contributed by atoms with Gasteiger partial charge in [0.15, 0.2) is 0 Å². The lowest BCUT2D eigenvalue weighted by Gasteiger charge is -2.26. The van der Waals surface area contributed by atoms with Crippen LogP contribution in [0.25, 0.3) is 5.76 Å². The summed E-state index contributed by atoms with van der Waals surface area (Å²) in [4.78, 5) is 29.4. The Labute approximate surface area is 204 Å². The Bertz CT molecular complexity index is 1070. The van der Waals surface area contributed by atoms with Gasteiger partial charge in [-0.05, 0) is 50.3 Å². The quantitative estimate of drug-likeness (QED) is 0.227. The number of hydrogen-bond acceptors (Lipinski definition) is 5. The molecule has 0 radical (unpaired) electrons. The van der Waals surface area contributed by atoms with Crippen LogP contribution >= 0.6 is 23.2 Å². The molecule has 176 valence electrons. The van der Waals surface area contributed by atoms with E-state index in [1.165, 1.54) is 4.90 Å². The second-order valence-corrected chi connectivity index (χ2v) is 9.01. The molecular weight excluding hydrogens is 463 g/mol. The summed E-state index contributed by atoms with van der Waals surface area (Å²) in [5, 5.41) is 11.9. The molecule has 8 heteroatoms. The maximum Gasteiger partial charge on any atom is 0.295 e. The molecule has 1 heterocycles. The lowest BCUT2D eigenvalue weighted by molar-refractivity contribution is -0.140. The molecule has 1 unspecified atom stereocenters. The summed E-state index contributed by atoms with van der Waals surface area (Å²) in [6, 6.07) is 11.1. The van der Waals surface area contributed by atoms with Gasteiger partial charge in [0.1, 0.15) is 11.5 Å². The highest BCUT2D eigenvalue weighted by Gasteiger charge is 2.46. The first-order valence-corrected chi connectivity index (χ1v) is 11.6. The standard InChI is InChI=1S/C25H28Cl2N2O4/c1-4-5-13-33-18-8-6-7-17(14-18)23(30)21-22(16-9-10-19(26)20(27)15-16)29(12-11-28(2)3)25(32)24(21)31/h6-10,14-15,22,30H,4-5,11-13H2,1-3H3. The van der Waals surface area contributed by atoms with Gasteiger partial charge in [0.05, 0.1) is 28.3 Å². The van der Waals surface area contributed by atoms with Gasteiger partial charge in [-0.25, -0.2) is 0 Å². The van der Waals surface area contributed by atoms with Crippen molar-refractivity contribution >= 4 is 40.7 Å². The van der Waals surface area contributed by atoms with Gasteiger partial charge >= 0.3 is 0 Å². The normalized spacial score (nSPS) is 17.8. The number of aliphatic hydroxyl groups is 1. The zero-order chi connectivity index (χ0) is 24.1. The van der Waals surface area contributed by atoms with Crippen molar-refractivity contribution in [2.75, 3.05) is 33.8 Å². The third-order valence-corrected chi connectivity index (χ3v) is 6.20. The molecule has 3 rings (SSSR count). The number of amides is 1. The first-order chi connectivity index (χ1) is 15.7. The number of rotatable bonds is 9. The van der Waals surface area contributed by atoms with Gasteiger partial charge in [-0.15, -0.1) is 0 Å². The van der Waals surface area contributed by atoms with Crippen LogP contribution in [-0.4, -0.2) is 60.4 Å². The highest BCUT2D eigenvalue weighted by molar-refractivity contribution is 6.46. The van der Waals surface area contributed by atoms with Crippen LogP contribution < -0.4 is 4.74 Å². The molecule has 1 N–H and O–H groups in total. The summed E-state index contributed by atoms with van der Waals surface area (Å²) < 4.78 is 5.74. The monoisotopic (exact) mass is 490 g/mol. The highest BCUT2D eigenvalue weighted by atomic mass is 35.5. The van der Waals surface area contributed by atoms with Crippen molar-refractivity contribution in [2.24, 2.45) is 0 Å². The van der Waals surface area contributed by atoms with Crippen LogP contribution in [0.2, 0.25) is 10.0 Å². The number of ketones is 1. The smallest absolute Gasteiger partial charge is 0.295 e. The van der Waals surface area contributed by atoms with E-state index >= 15 is 0 Å². The molecule has 0 bridgehead atoms. The molecule has 0 aliphatic carbocycles. The summed E-state index contributed by atoms with van der Waals surface area (Å²) >= 11 is 12.3. The summed E-state index contributed by atoms with van der Waals surface area (Å²) in [7, 11) is 3.77. The number of nitrogens with zero attached hydrogens (tertiary/aromatic N) is 2. The minimum Gasteiger partial charge on any atom is -0.507 e. The number of carbonyl (C=O) groups excluding carboxylic acids is 2. The Hall–Kier alpha value is -2.54. The van der Waals surface area contributed by atoms with Crippen LogP contribution in [0.1, 0.15) is 36.9 Å². The minimum atomic E-state index is -0.788. The molecule has 0 saturated carbocycles. The van der Waals surface area contributed by atoms with Crippen LogP contribution in [0.5, 0.6) is 5.75 Å². The Morgan fingerprint density at radius 3 is 2.55 bits per heavy atom. The van der Waals surface area contributed by atoms with E-state index in [0.29, 0.717) is 46.6 Å². The molecule has 2 aromatic rings. The summed E-state index contributed by atoms with van der Waals surface area (Å²) in [5.41, 5.74) is 1.02.